The Hall–Kier alpha value is -1.38. The molecule has 0 saturated heterocycles. The molecule has 3 heteroatoms. The summed E-state index contributed by atoms with van der Waals surface area (Å²) in [7, 11) is 0. The van der Waals surface area contributed by atoms with Crippen molar-refractivity contribution in [2.45, 2.75) is 34.1 Å². The summed E-state index contributed by atoms with van der Waals surface area (Å²) in [6, 6.07) is 0. The topological polar surface area (TPSA) is 47.3 Å². The van der Waals surface area contributed by atoms with Crippen LogP contribution in [0.1, 0.15) is 54.8 Å². The van der Waals surface area contributed by atoms with Gasteiger partial charge in [-0.3, -0.25) is 9.59 Å². The number of hydrogen-bond donors (Lipinski definition) is 0. The average molecular weight is 196 g/mol. The highest BCUT2D eigenvalue weighted by Gasteiger charge is 2.14. The molecule has 1 aromatic rings. The van der Waals surface area contributed by atoms with Gasteiger partial charge < -0.3 is 4.42 Å². The van der Waals surface area contributed by atoms with E-state index in [1.807, 2.05) is 13.8 Å². The maximum absolute atomic E-state index is 11.2. The fourth-order valence-electron chi connectivity index (χ4n) is 0.976. The molecule has 0 amide bonds. The van der Waals surface area contributed by atoms with Gasteiger partial charge in [0, 0.05) is 6.42 Å². The molecule has 78 valence electrons. The summed E-state index contributed by atoms with van der Waals surface area (Å²) in [5.41, 5.74) is 0.770. The monoisotopic (exact) mass is 196 g/mol. The van der Waals surface area contributed by atoms with Gasteiger partial charge >= 0.3 is 0 Å². The largest absolute Gasteiger partial charge is 0.471 e. The molecule has 0 aliphatic heterocycles. The molecule has 0 radical (unpaired) electrons. The van der Waals surface area contributed by atoms with E-state index in [1.165, 1.54) is 19.5 Å². The second-order valence-corrected chi connectivity index (χ2v) is 2.53. The molecule has 0 bridgehead atoms. The highest BCUT2D eigenvalue weighted by molar-refractivity contribution is 6.07. The SMILES string of the molecule is CC.CCC(=O)c1cocc1C(C)=O. The Morgan fingerprint density at radius 3 is 2.14 bits per heavy atom. The number of rotatable bonds is 3. The first-order valence-corrected chi connectivity index (χ1v) is 4.77. The molecule has 0 atom stereocenters. The molecule has 0 spiro atoms. The van der Waals surface area contributed by atoms with Crippen LogP contribution in [0.15, 0.2) is 16.9 Å². The van der Waals surface area contributed by atoms with Crippen LogP contribution in [0.5, 0.6) is 0 Å². The molecule has 0 N–H and O–H groups in total. The number of carbonyl (C=O) groups is 2. The van der Waals surface area contributed by atoms with Crippen LogP contribution in [-0.4, -0.2) is 11.6 Å². The van der Waals surface area contributed by atoms with Crippen LogP contribution in [0, 0.1) is 0 Å². The van der Waals surface area contributed by atoms with Gasteiger partial charge in [0.05, 0.1) is 11.1 Å². The summed E-state index contributed by atoms with van der Waals surface area (Å²) in [5.74, 6) is -0.200. The summed E-state index contributed by atoms with van der Waals surface area (Å²) < 4.78 is 4.79. The molecule has 1 aromatic heterocycles. The van der Waals surface area contributed by atoms with E-state index in [9.17, 15) is 9.59 Å². The van der Waals surface area contributed by atoms with Crippen molar-refractivity contribution in [3.63, 3.8) is 0 Å². The van der Waals surface area contributed by atoms with Crippen molar-refractivity contribution in [2.75, 3.05) is 0 Å². The summed E-state index contributed by atoms with van der Waals surface area (Å²) in [4.78, 5) is 22.1. The van der Waals surface area contributed by atoms with Gasteiger partial charge in [0.2, 0.25) is 0 Å². The minimum atomic E-state index is -0.138. The fraction of sp³-hybridized carbons (Fsp3) is 0.455. The number of Topliss-reactive ketones (excluding diaryl/α,β-unsaturated/α-hetero) is 2. The first kappa shape index (κ1) is 12.6. The second-order valence-electron chi connectivity index (χ2n) is 2.53. The normalized spacial score (nSPS) is 8.86. The number of ketones is 2. The van der Waals surface area contributed by atoms with Crippen LogP contribution in [0.2, 0.25) is 0 Å². The molecule has 3 nitrogen and oxygen atoms in total. The minimum Gasteiger partial charge on any atom is -0.471 e. The summed E-state index contributed by atoms with van der Waals surface area (Å²) >= 11 is 0. The Bertz CT molecular complexity index is 310. The van der Waals surface area contributed by atoms with Crippen LogP contribution in [0.3, 0.4) is 0 Å². The average Bonchev–Trinajstić information content (AvgIpc) is 2.68. The fourth-order valence-corrected chi connectivity index (χ4v) is 0.976. The van der Waals surface area contributed by atoms with E-state index in [4.69, 9.17) is 4.42 Å². The van der Waals surface area contributed by atoms with E-state index < -0.39 is 0 Å². The highest BCUT2D eigenvalue weighted by atomic mass is 16.3. The van der Waals surface area contributed by atoms with Gasteiger partial charge in [0.15, 0.2) is 11.6 Å². The van der Waals surface area contributed by atoms with Crippen LogP contribution >= 0.6 is 0 Å². The zero-order valence-electron chi connectivity index (χ0n) is 9.09. The third-order valence-corrected chi connectivity index (χ3v) is 1.66. The van der Waals surface area contributed by atoms with E-state index in [2.05, 4.69) is 0 Å². The molecule has 0 unspecified atom stereocenters. The molecule has 0 aliphatic rings. The van der Waals surface area contributed by atoms with Crippen molar-refractivity contribution >= 4 is 11.6 Å². The molecule has 0 saturated carbocycles. The molecular weight excluding hydrogens is 180 g/mol. The highest BCUT2D eigenvalue weighted by Crippen LogP contribution is 2.13. The maximum Gasteiger partial charge on any atom is 0.166 e. The molecule has 0 aliphatic carbocycles. The lowest BCUT2D eigenvalue weighted by Crippen LogP contribution is -2.02. The predicted molar refractivity (Wildman–Crippen MR) is 54.7 cm³/mol. The summed E-state index contributed by atoms with van der Waals surface area (Å²) in [6.07, 6.45) is 3.02. The Balaban J connectivity index is 0.000000791. The first-order valence-electron chi connectivity index (χ1n) is 4.77. The first-order chi connectivity index (χ1) is 6.66. The maximum atomic E-state index is 11.2. The Morgan fingerprint density at radius 2 is 1.71 bits per heavy atom. The van der Waals surface area contributed by atoms with Gasteiger partial charge in [-0.1, -0.05) is 20.8 Å². The van der Waals surface area contributed by atoms with Gasteiger partial charge in [0.1, 0.15) is 12.5 Å². The van der Waals surface area contributed by atoms with Gasteiger partial charge in [-0.05, 0) is 6.92 Å². The van der Waals surface area contributed by atoms with Crippen molar-refractivity contribution in [1.82, 2.24) is 0 Å². The van der Waals surface area contributed by atoms with Gasteiger partial charge in [0.25, 0.3) is 0 Å². The van der Waals surface area contributed by atoms with Crippen molar-refractivity contribution < 1.29 is 14.0 Å². The molecule has 1 rings (SSSR count). The Labute approximate surface area is 84.1 Å². The van der Waals surface area contributed by atoms with E-state index >= 15 is 0 Å². The standard InChI is InChI=1S/C9H10O3.C2H6/c1-3-9(11)8-5-12-4-7(8)6(2)10;1-2/h4-5H,3H2,1-2H3;1-2H3. The minimum absolute atomic E-state index is 0.0612. The molecule has 0 aromatic carbocycles. The van der Waals surface area contributed by atoms with Gasteiger partial charge in [-0.25, -0.2) is 0 Å². The van der Waals surface area contributed by atoms with Gasteiger partial charge in [-0.2, -0.15) is 0 Å². The predicted octanol–water partition coefficient (Wildman–Crippen LogP) is 3.10. The van der Waals surface area contributed by atoms with E-state index in [-0.39, 0.29) is 11.6 Å². The number of furan rings is 1. The van der Waals surface area contributed by atoms with Crippen molar-refractivity contribution in [1.29, 1.82) is 0 Å². The summed E-state index contributed by atoms with van der Waals surface area (Å²) in [5, 5.41) is 0. The smallest absolute Gasteiger partial charge is 0.166 e. The third kappa shape index (κ3) is 2.83. The van der Waals surface area contributed by atoms with E-state index in [1.54, 1.807) is 6.92 Å². The lowest BCUT2D eigenvalue weighted by molar-refractivity contribution is 0.0966. The van der Waals surface area contributed by atoms with E-state index in [0.717, 1.165) is 0 Å². The van der Waals surface area contributed by atoms with E-state index in [0.29, 0.717) is 17.5 Å². The Morgan fingerprint density at radius 1 is 1.21 bits per heavy atom. The zero-order valence-corrected chi connectivity index (χ0v) is 9.09. The molecular formula is C11H16O3. The van der Waals surface area contributed by atoms with Crippen LogP contribution in [-0.2, 0) is 0 Å². The number of hydrogen-bond acceptors (Lipinski definition) is 3. The zero-order chi connectivity index (χ0) is 11.1. The van der Waals surface area contributed by atoms with Crippen molar-refractivity contribution in [2.24, 2.45) is 0 Å². The summed E-state index contributed by atoms with van der Waals surface area (Å²) in [6.45, 7) is 7.16. The lowest BCUT2D eigenvalue weighted by atomic mass is 10.1. The lowest BCUT2D eigenvalue weighted by Gasteiger charge is -1.93. The van der Waals surface area contributed by atoms with Crippen LogP contribution in [0.4, 0.5) is 0 Å². The van der Waals surface area contributed by atoms with Crippen molar-refractivity contribution in [3.05, 3.63) is 23.7 Å². The quantitative estimate of drug-likeness (QED) is 0.698. The van der Waals surface area contributed by atoms with Crippen LogP contribution in [0.25, 0.3) is 0 Å². The Kier molecular flexibility index (Phi) is 5.53. The third-order valence-electron chi connectivity index (χ3n) is 1.66. The van der Waals surface area contributed by atoms with Crippen LogP contribution < -0.4 is 0 Å². The van der Waals surface area contributed by atoms with Crippen molar-refractivity contribution in [3.8, 4) is 0 Å². The molecule has 14 heavy (non-hydrogen) atoms. The second kappa shape index (κ2) is 6.13. The molecule has 1 heterocycles. The van der Waals surface area contributed by atoms with Gasteiger partial charge in [-0.15, -0.1) is 0 Å². The molecule has 0 fully saturated rings. The number of carbonyl (C=O) groups excluding carboxylic acids is 2.